The number of fused-ring (bicyclic) bond motifs is 1. The number of carboxylic acids is 4. The summed E-state index contributed by atoms with van der Waals surface area (Å²) in [7, 11) is 0. The molecule has 0 spiro atoms. The molecule has 2 N–H and O–H groups in total. The van der Waals surface area contributed by atoms with Crippen LogP contribution in [0.25, 0.3) is 17.0 Å². The molecule has 1 aliphatic rings. The van der Waals surface area contributed by atoms with Crippen molar-refractivity contribution >= 4 is 75.5 Å². The molecule has 50 heavy (non-hydrogen) atoms. The molecule has 0 radical (unpaired) electrons. The number of aliphatic carboxylic acids is 4. The molecule has 242 valence electrons. The van der Waals surface area contributed by atoms with Crippen molar-refractivity contribution in [1.29, 1.82) is 0 Å². The molecular formula is C29H24K4N4O12S. The SMILES string of the molecule is Cc1ccc(N(CC(=O)[O-])CC(=O)[O-])c(OCCOc2cc3cc(C=C4NC(=S)NC4=O)oc3cc2N(CC(=O)[O-])CC(=O)[O-])c1.[K+].[K+].[K+].[K+]. The summed E-state index contributed by atoms with van der Waals surface area (Å²) in [5.41, 5.74) is 1.16. The maximum absolute atomic E-state index is 12.0. The number of carboxylic acid groups (broad SMARTS) is 4. The van der Waals surface area contributed by atoms with Crippen molar-refractivity contribution in [2.24, 2.45) is 0 Å². The first-order chi connectivity index (χ1) is 21.8. The molecule has 1 aromatic heterocycles. The smallest absolute Gasteiger partial charge is 0.548 e. The third kappa shape index (κ3) is 15.4. The van der Waals surface area contributed by atoms with E-state index >= 15 is 0 Å². The van der Waals surface area contributed by atoms with Gasteiger partial charge in [0.25, 0.3) is 5.91 Å². The Labute approximate surface area is 461 Å². The first-order valence-corrected chi connectivity index (χ1v) is 13.8. The predicted molar refractivity (Wildman–Crippen MR) is 155 cm³/mol. The number of amides is 1. The molecule has 1 fully saturated rings. The van der Waals surface area contributed by atoms with E-state index in [4.69, 9.17) is 26.1 Å². The van der Waals surface area contributed by atoms with E-state index in [2.05, 4.69) is 10.6 Å². The zero-order chi connectivity index (χ0) is 33.5. The van der Waals surface area contributed by atoms with Crippen molar-refractivity contribution < 1.29 is 264 Å². The number of benzene rings is 2. The number of rotatable bonds is 16. The summed E-state index contributed by atoms with van der Waals surface area (Å²) in [5, 5.41) is 51.0. The average Bonchev–Trinajstić information content (AvgIpc) is 3.48. The normalized spacial score (nSPS) is 12.2. The van der Waals surface area contributed by atoms with Gasteiger partial charge in [-0.15, -0.1) is 0 Å². The Kier molecular flexibility index (Phi) is 24.6. The molecule has 2 aromatic carbocycles. The summed E-state index contributed by atoms with van der Waals surface area (Å²) in [4.78, 5) is 59.4. The summed E-state index contributed by atoms with van der Waals surface area (Å²) in [5.74, 6) is -6.34. The second-order valence-electron chi connectivity index (χ2n) is 9.84. The molecule has 16 nitrogen and oxygen atoms in total. The van der Waals surface area contributed by atoms with Crippen LogP contribution >= 0.6 is 12.2 Å². The van der Waals surface area contributed by atoms with Gasteiger partial charge < -0.3 is 68.6 Å². The minimum Gasteiger partial charge on any atom is -0.548 e. The van der Waals surface area contributed by atoms with E-state index in [9.17, 15) is 44.4 Å². The van der Waals surface area contributed by atoms with E-state index in [0.29, 0.717) is 10.9 Å². The minimum atomic E-state index is -1.58. The van der Waals surface area contributed by atoms with Gasteiger partial charge >= 0.3 is 206 Å². The molecule has 4 rings (SSSR count). The van der Waals surface area contributed by atoms with Crippen molar-refractivity contribution in [3.63, 3.8) is 0 Å². The standard InChI is InChI=1S/C29H28N4O12S.4K/c1-15-2-3-19(32(11-24(34)35)12-25(36)37)22(6-15)43-4-5-44-23-8-16-7-17(9-18-28(42)31-29(46)30-18)45-21(16)10-20(23)33(13-26(38)39)14-27(40)41;;;;/h2-3,6-10H,4-5,11-14H2,1H3,(H,34,35)(H,36,37)(H,38,39)(H,40,41)(H2,30,31,42,46);;;;/q;4*+1/p-4. The van der Waals surface area contributed by atoms with Gasteiger partial charge in [0.05, 0.1) is 61.4 Å². The van der Waals surface area contributed by atoms with Gasteiger partial charge in [-0.2, -0.15) is 0 Å². The maximum Gasteiger partial charge on any atom is 1.00 e. The van der Waals surface area contributed by atoms with Gasteiger partial charge in [0.2, 0.25) is 0 Å². The van der Waals surface area contributed by atoms with Crippen LogP contribution in [0.1, 0.15) is 11.3 Å². The number of aryl methyl sites for hydroxylation is 1. The molecular weight excluding hydrogens is 785 g/mol. The Balaban J connectivity index is 0.00000600. The molecule has 1 aliphatic heterocycles. The summed E-state index contributed by atoms with van der Waals surface area (Å²) in [6.07, 6.45) is 1.38. The van der Waals surface area contributed by atoms with Gasteiger partial charge in [0, 0.05) is 17.5 Å². The monoisotopic (exact) mass is 808 g/mol. The Morgan fingerprint density at radius 3 is 1.74 bits per heavy atom. The maximum atomic E-state index is 12.0. The number of carbonyl (C=O) groups excluding carboxylic acids is 5. The number of carbonyl (C=O) groups is 5. The molecule has 0 unspecified atom stereocenters. The van der Waals surface area contributed by atoms with Gasteiger partial charge in [-0.05, 0) is 49.0 Å². The van der Waals surface area contributed by atoms with Crippen LogP contribution in [0, 0.1) is 6.92 Å². The van der Waals surface area contributed by atoms with Crippen LogP contribution in [0.15, 0.2) is 46.5 Å². The second-order valence-corrected chi connectivity index (χ2v) is 10.2. The third-order valence-corrected chi connectivity index (χ3v) is 6.50. The Bertz CT molecular complexity index is 1740. The summed E-state index contributed by atoms with van der Waals surface area (Å²) in [6.45, 7) is -1.84. The number of nitrogens with one attached hydrogen (secondary N) is 2. The number of thiocarbonyl (C=S) groups is 1. The minimum absolute atomic E-state index is 0. The van der Waals surface area contributed by atoms with Crippen LogP contribution < -0.4 is 256 Å². The van der Waals surface area contributed by atoms with E-state index in [1.807, 2.05) is 0 Å². The molecule has 1 amide bonds. The predicted octanol–water partition coefficient (Wildman–Crippen LogP) is -15.8. The van der Waals surface area contributed by atoms with Crippen LogP contribution in [0.5, 0.6) is 11.5 Å². The van der Waals surface area contributed by atoms with Gasteiger partial charge in [-0.1, -0.05) is 6.07 Å². The third-order valence-electron chi connectivity index (χ3n) is 6.30. The van der Waals surface area contributed by atoms with E-state index in [0.717, 1.165) is 9.80 Å². The van der Waals surface area contributed by atoms with Crippen molar-refractivity contribution in [3.05, 3.63) is 53.4 Å². The average molecular weight is 809 g/mol. The molecule has 2 heterocycles. The largest absolute Gasteiger partial charge is 1.00 e. The summed E-state index contributed by atoms with van der Waals surface area (Å²) in [6, 6.07) is 9.02. The topological polar surface area (TPSA) is 240 Å². The fraction of sp³-hybridized carbons (Fsp3) is 0.241. The van der Waals surface area contributed by atoms with Gasteiger partial charge in [-0.25, -0.2) is 0 Å². The second kappa shape index (κ2) is 24.3. The number of nitrogens with zero attached hydrogens (tertiary/aromatic N) is 2. The fourth-order valence-corrected chi connectivity index (χ4v) is 4.71. The van der Waals surface area contributed by atoms with Crippen LogP contribution in [0.4, 0.5) is 11.4 Å². The number of ether oxygens (including phenoxy) is 2. The molecule has 1 saturated heterocycles. The van der Waals surface area contributed by atoms with Crippen LogP contribution in [-0.4, -0.2) is 74.3 Å². The zero-order valence-corrected chi connectivity index (χ0v) is 41.3. The quantitative estimate of drug-likeness (QED) is 0.0591. The van der Waals surface area contributed by atoms with Gasteiger partial charge in [-0.3, -0.25) is 10.1 Å². The van der Waals surface area contributed by atoms with Crippen molar-refractivity contribution in [1.82, 2.24) is 10.6 Å². The first kappa shape index (κ1) is 50.7. The molecule has 0 aliphatic carbocycles. The van der Waals surface area contributed by atoms with Crippen molar-refractivity contribution in [2.45, 2.75) is 6.92 Å². The van der Waals surface area contributed by atoms with Crippen molar-refractivity contribution in [2.75, 3.05) is 49.2 Å². The molecule has 0 atom stereocenters. The number of hydrogen-bond donors (Lipinski definition) is 2. The summed E-state index contributed by atoms with van der Waals surface area (Å²) >= 11 is 4.92. The number of anilines is 2. The zero-order valence-electron chi connectivity index (χ0n) is 28.0. The van der Waals surface area contributed by atoms with Crippen LogP contribution in [-0.2, 0) is 24.0 Å². The molecule has 0 bridgehead atoms. The Hall–Kier alpha value is 0.705. The van der Waals surface area contributed by atoms with E-state index < -0.39 is 56.0 Å². The number of hydrogen-bond acceptors (Lipinski definition) is 15. The van der Waals surface area contributed by atoms with Crippen molar-refractivity contribution in [3.8, 4) is 11.5 Å². The summed E-state index contributed by atoms with van der Waals surface area (Å²) < 4.78 is 17.5. The van der Waals surface area contributed by atoms with E-state index in [1.54, 1.807) is 25.1 Å². The Morgan fingerprint density at radius 2 is 1.26 bits per heavy atom. The Morgan fingerprint density at radius 1 is 0.760 bits per heavy atom. The van der Waals surface area contributed by atoms with E-state index in [1.165, 1.54) is 24.3 Å². The van der Waals surface area contributed by atoms with Gasteiger partial charge in [0.15, 0.2) is 5.11 Å². The van der Waals surface area contributed by atoms with E-state index in [-0.39, 0.29) is 264 Å². The first-order valence-electron chi connectivity index (χ1n) is 13.4. The fourth-order valence-electron chi connectivity index (χ4n) is 4.51. The van der Waals surface area contributed by atoms with Gasteiger partial charge in [0.1, 0.15) is 41.8 Å². The van der Waals surface area contributed by atoms with Crippen LogP contribution in [0.3, 0.4) is 0 Å². The molecule has 21 heteroatoms. The van der Waals surface area contributed by atoms with Crippen LogP contribution in [0.2, 0.25) is 0 Å². The molecule has 3 aromatic rings. The number of furan rings is 1. The molecule has 0 saturated carbocycles.